The Labute approximate surface area is 91.7 Å². The molecular weight excluding hydrogens is 244 g/mol. The number of carbonyl (C=O) groups excluding carboxylic acids is 1. The maximum atomic E-state index is 10.9. The zero-order chi connectivity index (χ0) is 10.4. The number of carbonyl (C=O) groups is 1. The number of hydrogen-bond donors (Lipinski definition) is 0. The Morgan fingerprint density at radius 3 is 2.64 bits per heavy atom. The molecule has 14 heavy (non-hydrogen) atoms. The van der Waals surface area contributed by atoms with E-state index in [9.17, 15) is 4.79 Å². The summed E-state index contributed by atoms with van der Waals surface area (Å²) in [6.45, 7) is 2.02. The van der Waals surface area contributed by atoms with E-state index in [1.165, 1.54) is 11.6 Å². The van der Waals surface area contributed by atoms with Gasteiger partial charge in [-0.25, -0.2) is 4.79 Å². The molecule has 0 N–H and O–H groups in total. The van der Waals surface area contributed by atoms with E-state index in [0.29, 0.717) is 0 Å². The molecule has 0 aromatic heterocycles. The highest BCUT2D eigenvalue weighted by molar-refractivity contribution is 9.09. The van der Waals surface area contributed by atoms with Gasteiger partial charge in [0.1, 0.15) is 5.52 Å². The number of benzene rings is 1. The van der Waals surface area contributed by atoms with Crippen molar-refractivity contribution in [1.82, 2.24) is 0 Å². The molecule has 0 fully saturated rings. The minimum absolute atomic E-state index is 0.226. The van der Waals surface area contributed by atoms with Crippen molar-refractivity contribution in [2.24, 2.45) is 0 Å². The first kappa shape index (κ1) is 11.0. The third kappa shape index (κ3) is 3.75. The number of hydrogen-bond acceptors (Lipinski definition) is 2. The molecule has 1 aromatic carbocycles. The fourth-order valence-electron chi connectivity index (χ4n) is 0.944. The summed E-state index contributed by atoms with van der Waals surface area (Å²) in [6.07, 6.45) is 3.14. The molecule has 0 spiro atoms. The molecule has 1 rings (SSSR count). The topological polar surface area (TPSA) is 26.3 Å². The molecule has 0 aliphatic heterocycles. The Morgan fingerprint density at radius 2 is 2.07 bits per heavy atom. The highest BCUT2D eigenvalue weighted by Gasteiger charge is 1.93. The van der Waals surface area contributed by atoms with Gasteiger partial charge in [-0.1, -0.05) is 29.8 Å². The van der Waals surface area contributed by atoms with E-state index in [2.05, 4.69) is 20.7 Å². The second kappa shape index (κ2) is 5.60. The fourth-order valence-corrected chi connectivity index (χ4v) is 1.17. The van der Waals surface area contributed by atoms with Crippen molar-refractivity contribution in [3.63, 3.8) is 0 Å². The Kier molecular flexibility index (Phi) is 4.40. The Balaban J connectivity index is 2.60. The Morgan fingerprint density at radius 1 is 1.43 bits per heavy atom. The van der Waals surface area contributed by atoms with Gasteiger partial charge in [-0.3, -0.25) is 0 Å². The quantitative estimate of drug-likeness (QED) is 0.471. The second-order valence-corrected chi connectivity index (χ2v) is 3.27. The summed E-state index contributed by atoms with van der Waals surface area (Å²) in [5.41, 5.74) is 2.41. The first-order valence-electron chi connectivity index (χ1n) is 4.20. The molecular formula is C11H11BrO2. The van der Waals surface area contributed by atoms with Crippen LogP contribution < -0.4 is 0 Å². The average molecular weight is 255 g/mol. The fraction of sp³-hybridized carbons (Fsp3) is 0.182. The van der Waals surface area contributed by atoms with Crippen molar-refractivity contribution in [3.8, 4) is 0 Å². The SMILES string of the molecule is Cc1ccc(C=CC(=O)OCBr)cc1. The van der Waals surface area contributed by atoms with Gasteiger partial charge < -0.3 is 4.74 Å². The van der Waals surface area contributed by atoms with E-state index in [-0.39, 0.29) is 11.5 Å². The van der Waals surface area contributed by atoms with Crippen molar-refractivity contribution < 1.29 is 9.53 Å². The van der Waals surface area contributed by atoms with Crippen LogP contribution in [0.15, 0.2) is 30.3 Å². The van der Waals surface area contributed by atoms with Crippen LogP contribution in [0, 0.1) is 6.92 Å². The molecule has 3 heteroatoms. The molecule has 0 radical (unpaired) electrons. The molecule has 0 heterocycles. The van der Waals surface area contributed by atoms with E-state index in [4.69, 9.17) is 0 Å². The second-order valence-electron chi connectivity index (χ2n) is 2.82. The summed E-state index contributed by atoms with van der Waals surface area (Å²) in [5.74, 6) is -0.345. The molecule has 74 valence electrons. The van der Waals surface area contributed by atoms with Crippen molar-refractivity contribution in [3.05, 3.63) is 41.5 Å². The molecule has 1 aromatic rings. The minimum atomic E-state index is -0.345. The third-order valence-electron chi connectivity index (χ3n) is 1.69. The highest BCUT2D eigenvalue weighted by atomic mass is 79.9. The molecule has 0 aliphatic rings. The monoisotopic (exact) mass is 254 g/mol. The van der Waals surface area contributed by atoms with Crippen LogP contribution in [-0.2, 0) is 9.53 Å². The smallest absolute Gasteiger partial charge is 0.331 e. The zero-order valence-electron chi connectivity index (χ0n) is 7.87. The Hall–Kier alpha value is -1.09. The number of esters is 1. The van der Waals surface area contributed by atoms with Crippen LogP contribution in [0.1, 0.15) is 11.1 Å². The molecule has 2 nitrogen and oxygen atoms in total. The van der Waals surface area contributed by atoms with Crippen LogP contribution in [0.4, 0.5) is 0 Å². The number of aryl methyl sites for hydroxylation is 1. The lowest BCUT2D eigenvalue weighted by molar-refractivity contribution is -0.135. The van der Waals surface area contributed by atoms with Gasteiger partial charge in [-0.2, -0.15) is 0 Å². The lowest BCUT2D eigenvalue weighted by Crippen LogP contribution is -1.96. The third-order valence-corrected chi connectivity index (χ3v) is 1.91. The standard InChI is InChI=1S/C11H11BrO2/c1-9-2-4-10(5-3-9)6-7-11(13)14-8-12/h2-7H,8H2,1H3. The van der Waals surface area contributed by atoms with Gasteiger partial charge in [-0.05, 0) is 34.5 Å². The van der Waals surface area contributed by atoms with E-state index in [0.717, 1.165) is 5.56 Å². The average Bonchev–Trinajstić information content (AvgIpc) is 2.17. The molecule has 0 amide bonds. The summed E-state index contributed by atoms with van der Waals surface area (Å²) in [6, 6.07) is 7.89. The summed E-state index contributed by atoms with van der Waals surface area (Å²) in [4.78, 5) is 10.9. The van der Waals surface area contributed by atoms with E-state index < -0.39 is 0 Å². The molecule has 0 saturated heterocycles. The van der Waals surface area contributed by atoms with Crippen LogP contribution in [0.3, 0.4) is 0 Å². The number of ether oxygens (including phenoxy) is 1. The number of rotatable bonds is 3. The van der Waals surface area contributed by atoms with Crippen molar-refractivity contribution in [2.75, 3.05) is 5.52 Å². The predicted octanol–water partition coefficient (Wildman–Crippen LogP) is 2.90. The Bertz CT molecular complexity index is 328. The lowest BCUT2D eigenvalue weighted by atomic mass is 10.1. The highest BCUT2D eigenvalue weighted by Crippen LogP contribution is 2.05. The van der Waals surface area contributed by atoms with E-state index in [1.807, 2.05) is 31.2 Å². The lowest BCUT2D eigenvalue weighted by Gasteiger charge is -1.95. The number of halogens is 1. The van der Waals surface area contributed by atoms with Gasteiger partial charge in [0.2, 0.25) is 0 Å². The summed E-state index contributed by atoms with van der Waals surface area (Å²) in [7, 11) is 0. The van der Waals surface area contributed by atoms with Crippen LogP contribution in [-0.4, -0.2) is 11.5 Å². The van der Waals surface area contributed by atoms with E-state index in [1.54, 1.807) is 6.08 Å². The minimum Gasteiger partial charge on any atom is -0.451 e. The molecule has 0 aliphatic carbocycles. The van der Waals surface area contributed by atoms with Crippen LogP contribution in [0.25, 0.3) is 6.08 Å². The van der Waals surface area contributed by atoms with Gasteiger partial charge in [0.25, 0.3) is 0 Å². The van der Waals surface area contributed by atoms with Gasteiger partial charge in [-0.15, -0.1) is 0 Å². The van der Waals surface area contributed by atoms with Crippen LogP contribution >= 0.6 is 15.9 Å². The largest absolute Gasteiger partial charge is 0.451 e. The molecule has 0 atom stereocenters. The molecule has 0 bridgehead atoms. The zero-order valence-corrected chi connectivity index (χ0v) is 9.45. The normalized spacial score (nSPS) is 10.4. The van der Waals surface area contributed by atoms with Crippen molar-refractivity contribution in [1.29, 1.82) is 0 Å². The van der Waals surface area contributed by atoms with E-state index >= 15 is 0 Å². The summed E-state index contributed by atoms with van der Waals surface area (Å²) in [5, 5.41) is 0. The summed E-state index contributed by atoms with van der Waals surface area (Å²) >= 11 is 3.01. The van der Waals surface area contributed by atoms with Gasteiger partial charge in [0.05, 0.1) is 0 Å². The molecule has 0 saturated carbocycles. The maximum Gasteiger partial charge on any atom is 0.331 e. The molecule has 0 unspecified atom stereocenters. The van der Waals surface area contributed by atoms with Crippen molar-refractivity contribution >= 4 is 28.0 Å². The van der Waals surface area contributed by atoms with Crippen LogP contribution in [0.5, 0.6) is 0 Å². The first-order valence-corrected chi connectivity index (χ1v) is 5.32. The van der Waals surface area contributed by atoms with Crippen molar-refractivity contribution in [2.45, 2.75) is 6.92 Å². The predicted molar refractivity (Wildman–Crippen MR) is 60.1 cm³/mol. The first-order chi connectivity index (χ1) is 6.72. The van der Waals surface area contributed by atoms with Crippen LogP contribution in [0.2, 0.25) is 0 Å². The van der Waals surface area contributed by atoms with Gasteiger partial charge in [0, 0.05) is 6.08 Å². The van der Waals surface area contributed by atoms with Gasteiger partial charge >= 0.3 is 5.97 Å². The maximum absolute atomic E-state index is 10.9. The van der Waals surface area contributed by atoms with Gasteiger partial charge in [0.15, 0.2) is 0 Å². The summed E-state index contributed by atoms with van der Waals surface area (Å²) < 4.78 is 4.68. The number of alkyl halides is 1.